The van der Waals surface area contributed by atoms with Gasteiger partial charge >= 0.3 is 6.01 Å². The summed E-state index contributed by atoms with van der Waals surface area (Å²) in [5.41, 5.74) is 3.60. The SMILES string of the molecule is C=CC(=O)N1CCN(c2nc(OC[C@@H]3CCCN3CCC(C)(C)C(O)O)nc3c2CCN(c2cccc4cccc(C=C)c24)C3)C[C@@H]1CC#N. The molecule has 4 heterocycles. The minimum Gasteiger partial charge on any atom is -0.462 e. The monoisotopic (exact) mass is 679 g/mol. The van der Waals surface area contributed by atoms with E-state index in [1.165, 1.54) is 11.5 Å². The number of amides is 1. The van der Waals surface area contributed by atoms with Crippen LogP contribution in [0, 0.1) is 16.7 Å². The molecule has 1 amide bonds. The van der Waals surface area contributed by atoms with Crippen LogP contribution in [0.15, 0.2) is 55.6 Å². The first kappa shape index (κ1) is 35.3. The summed E-state index contributed by atoms with van der Waals surface area (Å²) in [5, 5.41) is 31.6. The maximum absolute atomic E-state index is 12.7. The minimum absolute atomic E-state index is 0.165. The van der Waals surface area contributed by atoms with Crippen LogP contribution in [-0.4, -0.2) is 100 Å². The van der Waals surface area contributed by atoms with Gasteiger partial charge in [-0.05, 0) is 61.9 Å². The number of nitriles is 1. The lowest BCUT2D eigenvalue weighted by Crippen LogP contribution is -2.55. The number of anilines is 2. The van der Waals surface area contributed by atoms with E-state index in [1.807, 2.05) is 19.9 Å². The number of piperazine rings is 1. The molecule has 1 aromatic heterocycles. The number of benzene rings is 2. The molecule has 2 saturated heterocycles. The molecule has 0 spiro atoms. The van der Waals surface area contributed by atoms with Gasteiger partial charge in [0.05, 0.1) is 30.8 Å². The molecule has 0 aliphatic carbocycles. The Morgan fingerprint density at radius 1 is 1.10 bits per heavy atom. The van der Waals surface area contributed by atoms with E-state index in [-0.39, 0.29) is 24.4 Å². The Hall–Kier alpha value is -4.50. The number of carbonyl (C=O) groups excluding carboxylic acids is 1. The standard InChI is InChI=1S/C39H49N7O4/c1-5-27-10-7-11-28-12-8-14-33(35(27)28)44-20-16-31-32(25-44)41-38(50-26-30-13-9-19-43(30)21-17-39(3,4)37(48)49)42-36(31)45-22-23-46(34(47)6-2)29(24-45)15-18-40/h5-8,10-12,14,29-30,37,48-49H,1-2,9,13,15-17,19-26H2,3-4H3/t29-,30-/m0/s1. The number of aliphatic hydroxyl groups is 2. The number of nitrogens with zero attached hydrogens (tertiary/aromatic N) is 7. The fraction of sp³-hybridized carbons (Fsp3) is 0.487. The zero-order valence-corrected chi connectivity index (χ0v) is 29.3. The van der Waals surface area contributed by atoms with E-state index < -0.39 is 11.7 Å². The molecule has 11 heteroatoms. The van der Waals surface area contributed by atoms with Crippen LogP contribution in [0.25, 0.3) is 16.8 Å². The third-order valence-electron chi connectivity index (χ3n) is 10.7. The van der Waals surface area contributed by atoms with Crippen LogP contribution >= 0.6 is 0 Å². The second-order valence-electron chi connectivity index (χ2n) is 14.3. The lowest BCUT2D eigenvalue weighted by molar-refractivity contribution is -0.128. The maximum Gasteiger partial charge on any atom is 0.318 e. The summed E-state index contributed by atoms with van der Waals surface area (Å²) < 4.78 is 6.44. The number of ether oxygens (including phenoxy) is 1. The zero-order valence-electron chi connectivity index (χ0n) is 29.3. The van der Waals surface area contributed by atoms with Crippen molar-refractivity contribution < 1.29 is 19.7 Å². The van der Waals surface area contributed by atoms with Gasteiger partial charge in [0.1, 0.15) is 12.4 Å². The number of aliphatic hydroxyl groups excluding tert-OH is 1. The largest absolute Gasteiger partial charge is 0.462 e. The maximum atomic E-state index is 12.7. The lowest BCUT2D eigenvalue weighted by Gasteiger charge is -2.42. The van der Waals surface area contributed by atoms with Crippen molar-refractivity contribution in [3.8, 4) is 12.1 Å². The van der Waals surface area contributed by atoms with Crippen molar-refractivity contribution in [1.82, 2.24) is 19.8 Å². The number of hydrogen-bond donors (Lipinski definition) is 2. The minimum atomic E-state index is -1.37. The molecule has 2 N–H and O–H groups in total. The molecule has 11 nitrogen and oxygen atoms in total. The smallest absolute Gasteiger partial charge is 0.318 e. The summed E-state index contributed by atoms with van der Waals surface area (Å²) in [7, 11) is 0. The average Bonchev–Trinajstić information content (AvgIpc) is 3.59. The van der Waals surface area contributed by atoms with E-state index in [0.29, 0.717) is 45.2 Å². The van der Waals surface area contributed by atoms with Crippen LogP contribution in [0.2, 0.25) is 0 Å². The molecule has 0 saturated carbocycles. The molecular formula is C39H49N7O4. The zero-order chi connectivity index (χ0) is 35.4. The van der Waals surface area contributed by atoms with Crippen LogP contribution in [0.5, 0.6) is 6.01 Å². The Morgan fingerprint density at radius 3 is 2.64 bits per heavy atom. The van der Waals surface area contributed by atoms with Gasteiger partial charge in [0.2, 0.25) is 5.91 Å². The van der Waals surface area contributed by atoms with Crippen LogP contribution in [0.1, 0.15) is 56.4 Å². The summed E-state index contributed by atoms with van der Waals surface area (Å²) in [4.78, 5) is 31.4. The molecule has 0 radical (unpaired) electrons. The summed E-state index contributed by atoms with van der Waals surface area (Å²) >= 11 is 0. The predicted octanol–water partition coefficient (Wildman–Crippen LogP) is 4.52. The molecule has 2 atom stereocenters. The second-order valence-corrected chi connectivity index (χ2v) is 14.3. The van der Waals surface area contributed by atoms with Gasteiger partial charge in [0, 0.05) is 54.3 Å². The highest BCUT2D eigenvalue weighted by Gasteiger charge is 2.34. The van der Waals surface area contributed by atoms with Crippen molar-refractivity contribution in [3.05, 3.63) is 72.5 Å². The van der Waals surface area contributed by atoms with Gasteiger partial charge in [-0.15, -0.1) is 0 Å². The highest BCUT2D eigenvalue weighted by Crippen LogP contribution is 2.36. The molecule has 264 valence electrons. The highest BCUT2D eigenvalue weighted by atomic mass is 16.5. The number of hydrogen-bond acceptors (Lipinski definition) is 10. The van der Waals surface area contributed by atoms with Crippen molar-refractivity contribution in [2.24, 2.45) is 5.41 Å². The first-order chi connectivity index (χ1) is 24.1. The van der Waals surface area contributed by atoms with Crippen molar-refractivity contribution in [3.63, 3.8) is 0 Å². The number of aromatic nitrogens is 2. The van der Waals surface area contributed by atoms with Crippen molar-refractivity contribution >= 4 is 34.3 Å². The van der Waals surface area contributed by atoms with E-state index in [2.05, 4.69) is 70.3 Å². The van der Waals surface area contributed by atoms with E-state index in [4.69, 9.17) is 14.7 Å². The van der Waals surface area contributed by atoms with E-state index in [0.717, 1.165) is 72.6 Å². The molecule has 3 aliphatic heterocycles. The normalized spacial score (nSPS) is 19.8. The molecular weight excluding hydrogens is 630 g/mol. The van der Waals surface area contributed by atoms with E-state index in [1.54, 1.807) is 4.90 Å². The summed E-state index contributed by atoms with van der Waals surface area (Å²) in [6, 6.07) is 15.1. The molecule has 3 aliphatic rings. The average molecular weight is 680 g/mol. The van der Waals surface area contributed by atoms with Gasteiger partial charge in [-0.3, -0.25) is 9.69 Å². The fourth-order valence-electron chi connectivity index (χ4n) is 7.55. The third kappa shape index (κ3) is 7.33. The second kappa shape index (κ2) is 15.2. The van der Waals surface area contributed by atoms with Crippen LogP contribution < -0.4 is 14.5 Å². The third-order valence-corrected chi connectivity index (χ3v) is 10.7. The van der Waals surface area contributed by atoms with Crippen molar-refractivity contribution in [2.45, 2.75) is 70.9 Å². The van der Waals surface area contributed by atoms with Gasteiger partial charge in [-0.2, -0.15) is 15.2 Å². The lowest BCUT2D eigenvalue weighted by atomic mass is 9.88. The molecule has 3 aromatic rings. The quantitative estimate of drug-likeness (QED) is 0.208. The first-order valence-electron chi connectivity index (χ1n) is 17.7. The van der Waals surface area contributed by atoms with Crippen LogP contribution in [0.4, 0.5) is 11.5 Å². The Morgan fingerprint density at radius 2 is 1.90 bits per heavy atom. The van der Waals surface area contributed by atoms with Gasteiger partial charge in [-0.25, -0.2) is 0 Å². The number of fused-ring (bicyclic) bond motifs is 2. The first-order valence-corrected chi connectivity index (χ1v) is 17.7. The summed E-state index contributed by atoms with van der Waals surface area (Å²) in [6.07, 6.45) is 5.49. The Bertz CT molecular complexity index is 1760. The molecule has 2 fully saturated rings. The predicted molar refractivity (Wildman–Crippen MR) is 196 cm³/mol. The number of rotatable bonds is 12. The molecule has 0 bridgehead atoms. The fourth-order valence-corrected chi connectivity index (χ4v) is 7.55. The molecule has 50 heavy (non-hydrogen) atoms. The van der Waals surface area contributed by atoms with Crippen LogP contribution in [-0.2, 0) is 17.8 Å². The Labute approximate surface area is 295 Å². The Kier molecular flexibility index (Phi) is 10.7. The number of likely N-dealkylation sites (tertiary alicyclic amines) is 1. The van der Waals surface area contributed by atoms with E-state index in [9.17, 15) is 20.3 Å². The van der Waals surface area contributed by atoms with Crippen LogP contribution in [0.3, 0.4) is 0 Å². The molecule has 6 rings (SSSR count). The number of carbonyl (C=O) groups is 1. The van der Waals surface area contributed by atoms with Gasteiger partial charge < -0.3 is 29.6 Å². The van der Waals surface area contributed by atoms with Gasteiger partial charge in [0.15, 0.2) is 6.29 Å². The van der Waals surface area contributed by atoms with Gasteiger partial charge in [-0.1, -0.05) is 63.4 Å². The highest BCUT2D eigenvalue weighted by molar-refractivity contribution is 6.00. The molecule has 2 aromatic carbocycles. The molecule has 0 unspecified atom stereocenters. The van der Waals surface area contributed by atoms with Crippen molar-refractivity contribution in [1.29, 1.82) is 5.26 Å². The summed E-state index contributed by atoms with van der Waals surface area (Å²) in [5.74, 6) is 0.645. The summed E-state index contributed by atoms with van der Waals surface area (Å²) in [6.45, 7) is 16.5. The van der Waals surface area contributed by atoms with E-state index >= 15 is 0 Å². The van der Waals surface area contributed by atoms with Gasteiger partial charge in [0.25, 0.3) is 0 Å². The topological polar surface area (TPSA) is 129 Å². The Balaban J connectivity index is 1.30. The van der Waals surface area contributed by atoms with Crippen molar-refractivity contribution in [2.75, 3.05) is 55.7 Å².